The van der Waals surface area contributed by atoms with Gasteiger partial charge >= 0.3 is 5.97 Å². The summed E-state index contributed by atoms with van der Waals surface area (Å²) < 4.78 is 4.64. The predicted molar refractivity (Wildman–Crippen MR) is 120 cm³/mol. The Morgan fingerprint density at radius 2 is 2.03 bits per heavy atom. The van der Waals surface area contributed by atoms with Crippen LogP contribution >= 0.6 is 11.8 Å². The van der Waals surface area contributed by atoms with Gasteiger partial charge in [0.05, 0.1) is 23.2 Å². The molecule has 1 spiro atoms. The maximum Gasteiger partial charge on any atom is 0.311 e. The van der Waals surface area contributed by atoms with Gasteiger partial charge in [-0.2, -0.15) is 0 Å². The number of ether oxygens (including phenoxy) is 1. The summed E-state index contributed by atoms with van der Waals surface area (Å²) in [5.74, 6) is -1.94. The zero-order valence-electron chi connectivity index (χ0n) is 18.9. The van der Waals surface area contributed by atoms with Crippen molar-refractivity contribution in [3.8, 4) is 0 Å². The van der Waals surface area contributed by atoms with Crippen molar-refractivity contribution in [2.75, 3.05) is 26.3 Å². The number of thioether (sulfide) groups is 1. The molecule has 8 heteroatoms. The standard InChI is InChI=1S/C23H34N2O5S/c1-7-9-25(22(4,5)6)20(28)18-23-14(3)13-15(31-23)16(21(29)30-12-8-2)17(23)19(27)24(18)10-11-26/h7-8,14-18,26H,1-2,9-13H2,3-6H3/t14?,15-,16+,17+,18?,23?/m1/s1. The minimum atomic E-state index is -0.737. The Kier molecular flexibility index (Phi) is 6.63. The minimum Gasteiger partial charge on any atom is -0.461 e. The van der Waals surface area contributed by atoms with Crippen molar-refractivity contribution >= 4 is 29.5 Å². The molecule has 0 aromatic rings. The van der Waals surface area contributed by atoms with Crippen molar-refractivity contribution in [3.63, 3.8) is 0 Å². The van der Waals surface area contributed by atoms with E-state index in [0.29, 0.717) is 6.54 Å². The lowest BCUT2D eigenvalue weighted by Crippen LogP contribution is -2.60. The average Bonchev–Trinajstić information content (AvgIpc) is 3.27. The fraction of sp³-hybridized carbons (Fsp3) is 0.696. The highest BCUT2D eigenvalue weighted by atomic mass is 32.2. The summed E-state index contributed by atoms with van der Waals surface area (Å²) in [5.41, 5.74) is -0.471. The van der Waals surface area contributed by atoms with E-state index in [1.165, 1.54) is 11.0 Å². The first-order chi connectivity index (χ1) is 14.6. The Hall–Kier alpha value is -1.80. The molecule has 3 heterocycles. The van der Waals surface area contributed by atoms with E-state index in [1.807, 2.05) is 20.8 Å². The lowest BCUT2D eigenvalue weighted by molar-refractivity contribution is -0.153. The largest absolute Gasteiger partial charge is 0.461 e. The van der Waals surface area contributed by atoms with Gasteiger partial charge in [-0.25, -0.2) is 0 Å². The van der Waals surface area contributed by atoms with Crippen LogP contribution in [0.15, 0.2) is 25.3 Å². The summed E-state index contributed by atoms with van der Waals surface area (Å²) >= 11 is 1.60. The molecule has 6 atom stereocenters. The SMILES string of the molecule is C=CCOC(=O)[C@@H]1[C@H]2C(=O)N(CCO)C(C(=O)N(CC=C)C(C)(C)C)C23S[C@@H]1CC3C. The highest BCUT2D eigenvalue weighted by Crippen LogP contribution is 2.68. The molecule has 1 N–H and O–H groups in total. The van der Waals surface area contributed by atoms with E-state index in [1.54, 1.807) is 22.7 Å². The van der Waals surface area contributed by atoms with Crippen molar-refractivity contribution in [3.05, 3.63) is 25.3 Å². The van der Waals surface area contributed by atoms with E-state index in [4.69, 9.17) is 4.74 Å². The van der Waals surface area contributed by atoms with Crippen LogP contribution < -0.4 is 0 Å². The molecule has 3 aliphatic rings. The number of rotatable bonds is 8. The number of amides is 2. The number of fused-ring (bicyclic) bond motifs is 1. The van der Waals surface area contributed by atoms with Crippen LogP contribution in [-0.4, -0.2) is 80.6 Å². The number of hydrogen-bond donors (Lipinski definition) is 1. The highest BCUT2D eigenvalue weighted by Gasteiger charge is 2.76. The van der Waals surface area contributed by atoms with Gasteiger partial charge in [0.15, 0.2) is 0 Å². The number of β-amino-alcohol motifs (C(OH)–C–C–N with tert-alkyl or cyclic N) is 1. The molecule has 3 unspecified atom stereocenters. The van der Waals surface area contributed by atoms with Crippen molar-refractivity contribution in [1.82, 2.24) is 9.80 Å². The summed E-state index contributed by atoms with van der Waals surface area (Å²) in [6.07, 6.45) is 3.94. The molecule has 3 aliphatic heterocycles. The minimum absolute atomic E-state index is 0.0599. The monoisotopic (exact) mass is 450 g/mol. The number of aliphatic hydroxyl groups is 1. The number of esters is 1. The second-order valence-electron chi connectivity index (χ2n) is 9.63. The van der Waals surface area contributed by atoms with E-state index < -0.39 is 34.1 Å². The number of nitrogens with zero attached hydrogens (tertiary/aromatic N) is 2. The van der Waals surface area contributed by atoms with E-state index in [-0.39, 0.29) is 42.7 Å². The maximum absolute atomic E-state index is 14.0. The summed E-state index contributed by atoms with van der Waals surface area (Å²) in [4.78, 5) is 43.8. The molecule has 2 bridgehead atoms. The molecule has 2 amide bonds. The topological polar surface area (TPSA) is 87.1 Å². The van der Waals surface area contributed by atoms with Gasteiger partial charge in [-0.1, -0.05) is 25.7 Å². The third-order valence-electron chi connectivity index (χ3n) is 6.82. The molecule has 3 rings (SSSR count). The number of carbonyl (C=O) groups is 3. The fourth-order valence-corrected chi connectivity index (χ4v) is 8.03. The van der Waals surface area contributed by atoms with Gasteiger partial charge in [-0.05, 0) is 33.1 Å². The average molecular weight is 451 g/mol. The first-order valence-corrected chi connectivity index (χ1v) is 11.7. The maximum atomic E-state index is 14.0. The molecule has 0 aliphatic carbocycles. The predicted octanol–water partition coefficient (Wildman–Crippen LogP) is 1.86. The molecule has 3 saturated heterocycles. The van der Waals surface area contributed by atoms with E-state index >= 15 is 0 Å². The molecule has 7 nitrogen and oxygen atoms in total. The second-order valence-corrected chi connectivity index (χ2v) is 11.2. The molecule has 0 radical (unpaired) electrons. The van der Waals surface area contributed by atoms with Gasteiger partial charge in [0.2, 0.25) is 11.8 Å². The molecule has 0 saturated carbocycles. The third-order valence-corrected chi connectivity index (χ3v) is 8.90. The van der Waals surface area contributed by atoms with Crippen LogP contribution in [0.3, 0.4) is 0 Å². The van der Waals surface area contributed by atoms with Gasteiger partial charge < -0.3 is 19.6 Å². The molecular formula is C23H34N2O5S. The zero-order valence-corrected chi connectivity index (χ0v) is 19.7. The van der Waals surface area contributed by atoms with Crippen molar-refractivity contribution < 1.29 is 24.2 Å². The smallest absolute Gasteiger partial charge is 0.311 e. The molecule has 0 aromatic heterocycles. The van der Waals surface area contributed by atoms with E-state index in [0.717, 1.165) is 6.42 Å². The number of hydrogen-bond acceptors (Lipinski definition) is 6. The Morgan fingerprint density at radius 1 is 1.35 bits per heavy atom. The molecule has 0 aromatic carbocycles. The summed E-state index contributed by atoms with van der Waals surface area (Å²) in [6.45, 7) is 15.6. The Bertz CT molecular complexity index is 778. The van der Waals surface area contributed by atoms with E-state index in [9.17, 15) is 19.5 Å². The van der Waals surface area contributed by atoms with Crippen LogP contribution in [0, 0.1) is 17.8 Å². The summed E-state index contributed by atoms with van der Waals surface area (Å²) in [6, 6.07) is -0.737. The van der Waals surface area contributed by atoms with Crippen LogP contribution in [-0.2, 0) is 19.1 Å². The summed E-state index contributed by atoms with van der Waals surface area (Å²) in [7, 11) is 0. The Balaban J connectivity index is 2.08. The number of carbonyl (C=O) groups excluding carboxylic acids is 3. The van der Waals surface area contributed by atoms with Crippen LogP contribution in [0.4, 0.5) is 0 Å². The molecule has 31 heavy (non-hydrogen) atoms. The number of aliphatic hydroxyl groups excluding tert-OH is 1. The van der Waals surface area contributed by atoms with E-state index in [2.05, 4.69) is 20.1 Å². The van der Waals surface area contributed by atoms with Crippen LogP contribution in [0.1, 0.15) is 34.1 Å². The summed E-state index contributed by atoms with van der Waals surface area (Å²) in [5, 5.41) is 9.63. The quantitative estimate of drug-likeness (QED) is 0.449. The molecule has 3 fully saturated rings. The van der Waals surface area contributed by atoms with Gasteiger partial charge in [0, 0.05) is 23.9 Å². The lowest BCUT2D eigenvalue weighted by Gasteiger charge is -2.43. The van der Waals surface area contributed by atoms with Crippen molar-refractivity contribution in [2.45, 2.75) is 55.7 Å². The fourth-order valence-electron chi connectivity index (χ4n) is 5.62. The zero-order chi connectivity index (χ0) is 23.1. The highest BCUT2D eigenvalue weighted by molar-refractivity contribution is 8.02. The second kappa shape index (κ2) is 8.62. The van der Waals surface area contributed by atoms with Crippen molar-refractivity contribution in [2.24, 2.45) is 17.8 Å². The normalized spacial score (nSPS) is 33.9. The molecule has 172 valence electrons. The van der Waals surface area contributed by atoms with Crippen molar-refractivity contribution in [1.29, 1.82) is 0 Å². The first-order valence-electron chi connectivity index (χ1n) is 10.8. The lowest BCUT2D eigenvalue weighted by atomic mass is 9.66. The number of likely N-dealkylation sites (tertiary alicyclic amines) is 1. The first kappa shape index (κ1) is 23.9. The van der Waals surface area contributed by atoms with Crippen LogP contribution in [0.25, 0.3) is 0 Å². The van der Waals surface area contributed by atoms with Crippen LogP contribution in [0.2, 0.25) is 0 Å². The molecular weight excluding hydrogens is 416 g/mol. The third kappa shape index (κ3) is 3.61. The van der Waals surface area contributed by atoms with Gasteiger partial charge in [-0.3, -0.25) is 14.4 Å². The van der Waals surface area contributed by atoms with Gasteiger partial charge in [-0.15, -0.1) is 18.3 Å². The Morgan fingerprint density at radius 3 is 2.58 bits per heavy atom. The van der Waals surface area contributed by atoms with Gasteiger partial charge in [0.25, 0.3) is 0 Å². The van der Waals surface area contributed by atoms with Gasteiger partial charge in [0.1, 0.15) is 12.6 Å². The van der Waals surface area contributed by atoms with Crippen LogP contribution in [0.5, 0.6) is 0 Å². The Labute approximate surface area is 188 Å².